The molecule has 0 rings (SSSR count). The number of rotatable bonds is 62. The van der Waals surface area contributed by atoms with E-state index in [1.54, 1.807) is 0 Å². The largest absolute Gasteiger partial charge is 0.462 e. The summed E-state index contributed by atoms with van der Waals surface area (Å²) < 4.78 is 16.9. The van der Waals surface area contributed by atoms with E-state index in [1.165, 1.54) is 154 Å². The van der Waals surface area contributed by atoms with E-state index in [-0.39, 0.29) is 31.1 Å². The molecule has 82 heavy (non-hydrogen) atoms. The Morgan fingerprint density at radius 3 is 0.744 bits per heavy atom. The third-order valence-electron chi connectivity index (χ3n) is 14.7. The van der Waals surface area contributed by atoms with Crippen LogP contribution in [0.4, 0.5) is 0 Å². The Morgan fingerprint density at radius 2 is 0.476 bits per heavy atom. The number of ether oxygens (including phenoxy) is 3. The minimum Gasteiger partial charge on any atom is -0.462 e. The first-order valence-electron chi connectivity index (χ1n) is 34.5. The summed E-state index contributed by atoms with van der Waals surface area (Å²) in [7, 11) is 0. The zero-order valence-corrected chi connectivity index (χ0v) is 53.7. The minimum atomic E-state index is -0.792. The highest BCUT2D eigenvalue weighted by Crippen LogP contribution is 2.16. The smallest absolute Gasteiger partial charge is 0.306 e. The van der Waals surface area contributed by atoms with Crippen molar-refractivity contribution in [2.75, 3.05) is 13.2 Å². The van der Waals surface area contributed by atoms with Gasteiger partial charge in [-0.3, -0.25) is 14.4 Å². The predicted octanol–water partition coefficient (Wildman–Crippen LogP) is 23.9. The van der Waals surface area contributed by atoms with Crippen LogP contribution in [0, 0.1) is 0 Å². The van der Waals surface area contributed by atoms with Gasteiger partial charge >= 0.3 is 17.9 Å². The Labute approximate surface area is 507 Å². The zero-order chi connectivity index (χ0) is 59.2. The summed E-state index contributed by atoms with van der Waals surface area (Å²) in [6.45, 7) is 6.52. The van der Waals surface area contributed by atoms with Crippen LogP contribution in [-0.4, -0.2) is 37.2 Å². The lowest BCUT2D eigenvalue weighted by Crippen LogP contribution is -2.30. The lowest BCUT2D eigenvalue weighted by molar-refractivity contribution is -0.167. The second-order valence-electron chi connectivity index (χ2n) is 22.7. The number of esters is 3. The van der Waals surface area contributed by atoms with Gasteiger partial charge in [0.15, 0.2) is 6.10 Å². The topological polar surface area (TPSA) is 78.9 Å². The quantitative estimate of drug-likeness (QED) is 0.0261. The van der Waals surface area contributed by atoms with Crippen LogP contribution in [0.2, 0.25) is 0 Å². The van der Waals surface area contributed by atoms with Gasteiger partial charge in [0.2, 0.25) is 0 Å². The highest BCUT2D eigenvalue weighted by molar-refractivity contribution is 5.71. The van der Waals surface area contributed by atoms with Gasteiger partial charge in [-0.1, -0.05) is 309 Å². The Bertz CT molecular complexity index is 1690. The van der Waals surface area contributed by atoms with E-state index in [0.717, 1.165) is 128 Å². The van der Waals surface area contributed by atoms with Gasteiger partial charge in [0, 0.05) is 19.3 Å². The van der Waals surface area contributed by atoms with Gasteiger partial charge < -0.3 is 14.2 Å². The van der Waals surface area contributed by atoms with Crippen LogP contribution in [0.5, 0.6) is 0 Å². The molecule has 6 nitrogen and oxygen atoms in total. The molecule has 1 unspecified atom stereocenters. The van der Waals surface area contributed by atoms with Crippen LogP contribution in [0.3, 0.4) is 0 Å². The molecule has 1 atom stereocenters. The molecule has 0 aliphatic carbocycles. The van der Waals surface area contributed by atoms with Gasteiger partial charge in [0.25, 0.3) is 0 Å². The average molecular weight is 1140 g/mol. The van der Waals surface area contributed by atoms with Crippen molar-refractivity contribution in [3.05, 3.63) is 122 Å². The summed E-state index contributed by atoms with van der Waals surface area (Å²) in [6.07, 6.45) is 96.4. The molecular formula is C76H128O6. The molecule has 0 aromatic heterocycles. The van der Waals surface area contributed by atoms with E-state index >= 15 is 0 Å². The van der Waals surface area contributed by atoms with Gasteiger partial charge in [-0.2, -0.15) is 0 Å². The molecule has 0 bridgehead atoms. The molecule has 0 heterocycles. The number of hydrogen-bond acceptors (Lipinski definition) is 6. The van der Waals surface area contributed by atoms with Crippen molar-refractivity contribution in [1.29, 1.82) is 0 Å². The lowest BCUT2D eigenvalue weighted by Gasteiger charge is -2.18. The molecule has 6 heteroatoms. The first-order valence-corrected chi connectivity index (χ1v) is 34.5. The van der Waals surface area contributed by atoms with E-state index in [1.807, 2.05) is 0 Å². The van der Waals surface area contributed by atoms with Gasteiger partial charge in [-0.15, -0.1) is 0 Å². The second kappa shape index (κ2) is 69.3. The maximum atomic E-state index is 12.9. The monoisotopic (exact) mass is 1140 g/mol. The van der Waals surface area contributed by atoms with Crippen LogP contribution in [0.25, 0.3) is 0 Å². The molecule has 0 aromatic carbocycles. The van der Waals surface area contributed by atoms with Crippen LogP contribution >= 0.6 is 0 Å². The van der Waals surface area contributed by atoms with Crippen molar-refractivity contribution in [2.45, 2.75) is 329 Å². The van der Waals surface area contributed by atoms with E-state index in [0.29, 0.717) is 19.3 Å². The van der Waals surface area contributed by atoms with Gasteiger partial charge in [-0.05, 0) is 116 Å². The standard InChI is InChI=1S/C76H128O6/c1-4-7-10-13-16-19-22-25-27-29-31-33-35-36-37-38-39-40-42-43-45-47-49-51-54-57-60-63-66-69-75(78)81-72-73(71-80-74(77)68-65-62-59-56-53-24-21-18-15-12-9-6-3)82-76(79)70-67-64-61-58-55-52-50-48-46-44-41-34-32-30-28-26-23-20-17-14-11-8-5-2/h7,10,16,19,23,25-27,30-33,36-37,39-40,43,45,49,51,73H,4-6,8-9,11-15,17-18,20-22,24,28-29,34-35,38,41-42,44,46-48,50,52-72H2,1-3H3/b10-7-,19-16-,26-23-,27-25-,32-30-,33-31-,37-36-,40-39-,45-43-,51-49-. The van der Waals surface area contributed by atoms with Crippen LogP contribution in [-0.2, 0) is 28.6 Å². The molecule has 0 amide bonds. The fourth-order valence-electron chi connectivity index (χ4n) is 9.55. The molecule has 468 valence electrons. The maximum absolute atomic E-state index is 12.9. The van der Waals surface area contributed by atoms with Crippen LogP contribution in [0.15, 0.2) is 122 Å². The summed E-state index contributed by atoms with van der Waals surface area (Å²) in [5.74, 6) is -0.905. The molecule has 0 aliphatic heterocycles. The third kappa shape index (κ3) is 66.6. The Hall–Kier alpha value is -4.19. The van der Waals surface area contributed by atoms with Crippen molar-refractivity contribution in [3.63, 3.8) is 0 Å². The van der Waals surface area contributed by atoms with Crippen LogP contribution < -0.4 is 0 Å². The first-order chi connectivity index (χ1) is 40.5. The van der Waals surface area contributed by atoms with Crippen molar-refractivity contribution in [3.8, 4) is 0 Å². The van der Waals surface area contributed by atoms with Gasteiger partial charge in [-0.25, -0.2) is 0 Å². The van der Waals surface area contributed by atoms with E-state index < -0.39 is 6.10 Å². The summed E-state index contributed by atoms with van der Waals surface area (Å²) in [5.41, 5.74) is 0. The Kier molecular flexibility index (Phi) is 65.8. The molecule has 0 saturated heterocycles. The molecule has 0 fully saturated rings. The third-order valence-corrected chi connectivity index (χ3v) is 14.7. The minimum absolute atomic E-state index is 0.0862. The van der Waals surface area contributed by atoms with Crippen molar-refractivity contribution >= 4 is 17.9 Å². The predicted molar refractivity (Wildman–Crippen MR) is 357 cm³/mol. The Balaban J connectivity index is 4.35. The summed E-state index contributed by atoms with van der Waals surface area (Å²) >= 11 is 0. The average Bonchev–Trinajstić information content (AvgIpc) is 3.47. The van der Waals surface area contributed by atoms with Crippen LogP contribution in [0.1, 0.15) is 323 Å². The lowest BCUT2D eigenvalue weighted by atomic mass is 10.0. The van der Waals surface area contributed by atoms with Gasteiger partial charge in [0.1, 0.15) is 13.2 Å². The molecule has 0 spiro atoms. The molecular weight excluding hydrogens is 1010 g/mol. The van der Waals surface area contributed by atoms with E-state index in [4.69, 9.17) is 14.2 Å². The molecule has 0 N–H and O–H groups in total. The Morgan fingerprint density at radius 1 is 0.256 bits per heavy atom. The summed E-state index contributed by atoms with van der Waals surface area (Å²) in [6, 6.07) is 0. The molecule has 0 radical (unpaired) electrons. The van der Waals surface area contributed by atoms with Crippen molar-refractivity contribution in [1.82, 2.24) is 0 Å². The number of hydrogen-bond donors (Lipinski definition) is 0. The number of carbonyl (C=O) groups is 3. The summed E-state index contributed by atoms with van der Waals surface area (Å²) in [5, 5.41) is 0. The summed E-state index contributed by atoms with van der Waals surface area (Å²) in [4.78, 5) is 38.4. The normalized spacial score (nSPS) is 12.9. The first kappa shape index (κ1) is 77.8. The number of allylic oxidation sites excluding steroid dienone is 20. The zero-order valence-electron chi connectivity index (χ0n) is 53.7. The second-order valence-corrected chi connectivity index (χ2v) is 22.7. The van der Waals surface area contributed by atoms with Crippen molar-refractivity contribution in [2.24, 2.45) is 0 Å². The fraction of sp³-hybridized carbons (Fsp3) is 0.697. The molecule has 0 aliphatic rings. The SMILES string of the molecule is CC/C=C\C/C=C\C/C=C\C/C=C\C/C=C\C/C=C\C/C=C\C/C=C\CCCCCCC(=O)OCC(COC(=O)CCCCCCCCCCCCCC)OC(=O)CCCCCCCCCCCCC/C=C\C/C=C\CCCCCCC. The number of carbonyl (C=O) groups excluding carboxylic acids is 3. The molecule has 0 aromatic rings. The van der Waals surface area contributed by atoms with E-state index in [9.17, 15) is 14.4 Å². The highest BCUT2D eigenvalue weighted by Gasteiger charge is 2.19. The van der Waals surface area contributed by atoms with E-state index in [2.05, 4.69) is 142 Å². The van der Waals surface area contributed by atoms with Gasteiger partial charge in [0.05, 0.1) is 0 Å². The van der Waals surface area contributed by atoms with Crippen molar-refractivity contribution < 1.29 is 28.6 Å². The highest BCUT2D eigenvalue weighted by atomic mass is 16.6. The molecule has 0 saturated carbocycles. The fourth-order valence-corrected chi connectivity index (χ4v) is 9.55. The number of unbranched alkanes of at least 4 members (excludes halogenated alkanes) is 31. The maximum Gasteiger partial charge on any atom is 0.306 e.